The van der Waals surface area contributed by atoms with Crippen molar-refractivity contribution < 1.29 is 4.42 Å². The number of aromatic nitrogens is 2. The van der Waals surface area contributed by atoms with Crippen molar-refractivity contribution in [3.05, 3.63) is 57.3 Å². The van der Waals surface area contributed by atoms with E-state index < -0.39 is 0 Å². The summed E-state index contributed by atoms with van der Waals surface area (Å²) in [6.45, 7) is 2.56. The van der Waals surface area contributed by atoms with E-state index in [1.807, 2.05) is 37.3 Å². The van der Waals surface area contributed by atoms with Crippen LogP contribution in [0.4, 0.5) is 5.69 Å². The van der Waals surface area contributed by atoms with Crippen LogP contribution in [0.25, 0.3) is 11.5 Å². The number of halogens is 2. The van der Waals surface area contributed by atoms with E-state index in [2.05, 4.69) is 31.4 Å². The third-order valence-electron chi connectivity index (χ3n) is 3.11. The third kappa shape index (κ3) is 3.14. The van der Waals surface area contributed by atoms with Gasteiger partial charge in [0.25, 0.3) is 0 Å². The molecule has 2 N–H and O–H groups in total. The van der Waals surface area contributed by atoms with E-state index in [0.29, 0.717) is 11.6 Å². The highest BCUT2D eigenvalue weighted by Crippen LogP contribution is 2.27. The molecule has 0 fully saturated rings. The molecule has 6 heteroatoms. The number of H-pyrrole nitrogens is 1. The fourth-order valence-electron chi connectivity index (χ4n) is 2.03. The Balaban J connectivity index is 1.77. The number of furan rings is 1. The van der Waals surface area contributed by atoms with Gasteiger partial charge in [0, 0.05) is 22.3 Å². The largest absolute Gasteiger partial charge is 0.460 e. The zero-order valence-electron chi connectivity index (χ0n) is 11.3. The topological polar surface area (TPSA) is 53.9 Å². The molecule has 0 unspecified atom stereocenters. The molecule has 0 amide bonds. The summed E-state index contributed by atoms with van der Waals surface area (Å²) < 4.78 is 6.50. The fourth-order valence-corrected chi connectivity index (χ4v) is 2.53. The molecule has 0 aliphatic heterocycles. The highest BCUT2D eigenvalue weighted by Gasteiger charge is 2.11. The second-order valence-electron chi connectivity index (χ2n) is 4.66. The molecule has 108 valence electrons. The van der Waals surface area contributed by atoms with Gasteiger partial charge in [0.15, 0.2) is 5.76 Å². The Labute approximate surface area is 135 Å². The van der Waals surface area contributed by atoms with Crippen molar-refractivity contribution in [1.29, 1.82) is 0 Å². The number of hydrogen-bond acceptors (Lipinski definition) is 3. The van der Waals surface area contributed by atoms with Crippen molar-refractivity contribution in [2.75, 3.05) is 5.32 Å². The average molecular weight is 367 g/mol. The van der Waals surface area contributed by atoms with E-state index in [9.17, 15) is 0 Å². The van der Waals surface area contributed by atoms with Gasteiger partial charge in [-0.3, -0.25) is 5.10 Å². The quantitative estimate of drug-likeness (QED) is 0.682. The number of hydrogen-bond donors (Lipinski definition) is 2. The van der Waals surface area contributed by atoms with Gasteiger partial charge < -0.3 is 9.73 Å². The monoisotopic (exact) mass is 365 g/mol. The Kier molecular flexibility index (Phi) is 4.03. The number of aryl methyl sites for hydroxylation is 1. The molecule has 0 bridgehead atoms. The molecule has 2 aromatic heterocycles. The minimum absolute atomic E-state index is 0.639. The van der Waals surface area contributed by atoms with Crippen LogP contribution >= 0.6 is 27.5 Å². The van der Waals surface area contributed by atoms with Gasteiger partial charge in [0.2, 0.25) is 0 Å². The number of rotatable bonds is 4. The zero-order valence-corrected chi connectivity index (χ0v) is 13.6. The van der Waals surface area contributed by atoms with Crippen LogP contribution in [0.1, 0.15) is 11.3 Å². The van der Waals surface area contributed by atoms with Crippen LogP contribution in [0, 0.1) is 6.92 Å². The molecule has 0 saturated carbocycles. The molecule has 0 aliphatic carbocycles. The molecule has 1 aromatic carbocycles. The molecule has 2 heterocycles. The smallest absolute Gasteiger partial charge is 0.152 e. The summed E-state index contributed by atoms with van der Waals surface area (Å²) in [5, 5.41) is 11.1. The van der Waals surface area contributed by atoms with Crippen molar-refractivity contribution in [3.63, 3.8) is 0 Å². The Bertz CT molecular complexity index is 766. The lowest BCUT2D eigenvalue weighted by atomic mass is 10.2. The van der Waals surface area contributed by atoms with Gasteiger partial charge in [0.1, 0.15) is 11.5 Å². The van der Waals surface area contributed by atoms with E-state index >= 15 is 0 Å². The van der Waals surface area contributed by atoms with E-state index in [1.54, 1.807) is 6.20 Å². The van der Waals surface area contributed by atoms with E-state index in [0.717, 1.165) is 32.9 Å². The minimum atomic E-state index is 0.639. The SMILES string of the molecule is Cc1ccc(-c2[nH]ncc2CNc2ccc(Cl)c(Br)c2)o1. The van der Waals surface area contributed by atoms with Crippen LogP contribution in [0.5, 0.6) is 0 Å². The van der Waals surface area contributed by atoms with Crippen molar-refractivity contribution in [3.8, 4) is 11.5 Å². The number of aromatic amines is 1. The second kappa shape index (κ2) is 5.95. The molecule has 21 heavy (non-hydrogen) atoms. The van der Waals surface area contributed by atoms with Gasteiger partial charge in [0.05, 0.1) is 11.2 Å². The van der Waals surface area contributed by atoms with E-state index in [-0.39, 0.29) is 0 Å². The Morgan fingerprint density at radius 3 is 2.90 bits per heavy atom. The van der Waals surface area contributed by atoms with Crippen LogP contribution in [0.2, 0.25) is 5.02 Å². The van der Waals surface area contributed by atoms with E-state index in [1.165, 1.54) is 0 Å². The first-order chi connectivity index (χ1) is 10.1. The van der Waals surface area contributed by atoms with Gasteiger partial charge in [-0.1, -0.05) is 11.6 Å². The maximum absolute atomic E-state index is 5.99. The molecule has 0 spiro atoms. The minimum Gasteiger partial charge on any atom is -0.460 e. The maximum Gasteiger partial charge on any atom is 0.152 e. The van der Waals surface area contributed by atoms with E-state index in [4.69, 9.17) is 16.0 Å². The summed E-state index contributed by atoms with van der Waals surface area (Å²) in [6, 6.07) is 9.60. The maximum atomic E-state index is 5.99. The van der Waals surface area contributed by atoms with Crippen LogP contribution in [-0.2, 0) is 6.54 Å². The van der Waals surface area contributed by atoms with Crippen LogP contribution in [0.3, 0.4) is 0 Å². The van der Waals surface area contributed by atoms with Crippen LogP contribution in [0.15, 0.2) is 45.4 Å². The fraction of sp³-hybridized carbons (Fsp3) is 0.133. The Hall–Kier alpha value is -1.72. The lowest BCUT2D eigenvalue weighted by molar-refractivity contribution is 0.545. The first-order valence-corrected chi connectivity index (χ1v) is 7.58. The zero-order chi connectivity index (χ0) is 14.8. The molecule has 4 nitrogen and oxygen atoms in total. The summed E-state index contributed by atoms with van der Waals surface area (Å²) in [5.41, 5.74) is 2.91. The standard InChI is InChI=1S/C15H13BrClN3O/c1-9-2-5-14(21-9)15-10(8-19-20-15)7-18-11-3-4-13(17)12(16)6-11/h2-6,8,18H,7H2,1H3,(H,19,20). The molecule has 0 aliphatic rings. The first kappa shape index (κ1) is 14.2. The molecule has 0 atom stereocenters. The third-order valence-corrected chi connectivity index (χ3v) is 4.32. The number of benzene rings is 1. The predicted octanol–water partition coefficient (Wildman–Crippen LogP) is 5.01. The van der Waals surface area contributed by atoms with Gasteiger partial charge in [-0.2, -0.15) is 5.10 Å². The summed E-state index contributed by atoms with van der Waals surface area (Å²) in [6.07, 6.45) is 1.80. The van der Waals surface area contributed by atoms with Crippen molar-refractivity contribution in [2.24, 2.45) is 0 Å². The lowest BCUT2D eigenvalue weighted by Gasteiger charge is -2.07. The van der Waals surface area contributed by atoms with Gasteiger partial charge in [-0.15, -0.1) is 0 Å². The summed E-state index contributed by atoms with van der Waals surface area (Å²) in [5.74, 6) is 1.67. The first-order valence-electron chi connectivity index (χ1n) is 6.41. The Morgan fingerprint density at radius 2 is 2.19 bits per heavy atom. The van der Waals surface area contributed by atoms with Crippen molar-refractivity contribution in [2.45, 2.75) is 13.5 Å². The van der Waals surface area contributed by atoms with Crippen molar-refractivity contribution >= 4 is 33.2 Å². The highest BCUT2D eigenvalue weighted by molar-refractivity contribution is 9.10. The molecule has 0 radical (unpaired) electrons. The highest BCUT2D eigenvalue weighted by atomic mass is 79.9. The summed E-state index contributed by atoms with van der Waals surface area (Å²) in [4.78, 5) is 0. The van der Waals surface area contributed by atoms with Crippen LogP contribution in [-0.4, -0.2) is 10.2 Å². The second-order valence-corrected chi connectivity index (χ2v) is 5.92. The molecular weight excluding hydrogens is 354 g/mol. The molecular formula is C15H13BrClN3O. The number of nitrogens with zero attached hydrogens (tertiary/aromatic N) is 1. The number of anilines is 1. The van der Waals surface area contributed by atoms with Gasteiger partial charge in [-0.05, 0) is 53.2 Å². The molecule has 3 rings (SSSR count). The van der Waals surface area contributed by atoms with Gasteiger partial charge >= 0.3 is 0 Å². The molecule has 3 aromatic rings. The van der Waals surface area contributed by atoms with Crippen LogP contribution < -0.4 is 5.32 Å². The molecule has 0 saturated heterocycles. The lowest BCUT2D eigenvalue weighted by Crippen LogP contribution is -1.99. The summed E-state index contributed by atoms with van der Waals surface area (Å²) >= 11 is 9.40. The predicted molar refractivity (Wildman–Crippen MR) is 87.5 cm³/mol. The Morgan fingerprint density at radius 1 is 1.33 bits per heavy atom. The summed E-state index contributed by atoms with van der Waals surface area (Å²) in [7, 11) is 0. The normalized spacial score (nSPS) is 10.8. The van der Waals surface area contributed by atoms with Crippen molar-refractivity contribution in [1.82, 2.24) is 10.2 Å². The number of nitrogens with one attached hydrogen (secondary N) is 2. The average Bonchev–Trinajstić information content (AvgIpc) is 3.08. The van der Waals surface area contributed by atoms with Gasteiger partial charge in [-0.25, -0.2) is 0 Å².